The molecule has 0 radical (unpaired) electrons. The number of carbonyl (C=O) groups is 1. The molecule has 0 spiro atoms. The maximum Gasteiger partial charge on any atom is 0.254 e. The van der Waals surface area contributed by atoms with Gasteiger partial charge in [-0.25, -0.2) is 4.39 Å². The van der Waals surface area contributed by atoms with Crippen molar-refractivity contribution in [3.8, 4) is 5.75 Å². The minimum Gasteiger partial charge on any atom is -0.494 e. The van der Waals surface area contributed by atoms with Gasteiger partial charge in [-0.3, -0.25) is 4.79 Å². The number of benzene rings is 1. The van der Waals surface area contributed by atoms with Gasteiger partial charge >= 0.3 is 0 Å². The molecule has 2 heterocycles. The zero-order valence-electron chi connectivity index (χ0n) is 10.9. The Kier molecular flexibility index (Phi) is 3.14. The van der Waals surface area contributed by atoms with Gasteiger partial charge < -0.3 is 15.0 Å². The maximum atomic E-state index is 13.3. The van der Waals surface area contributed by atoms with Crippen molar-refractivity contribution in [3.05, 3.63) is 29.6 Å². The van der Waals surface area contributed by atoms with Crippen LogP contribution < -0.4 is 10.1 Å². The first-order chi connectivity index (χ1) is 9.19. The lowest BCUT2D eigenvalue weighted by atomic mass is 10.1. The van der Waals surface area contributed by atoms with Gasteiger partial charge in [-0.15, -0.1) is 0 Å². The molecule has 0 bridgehead atoms. The van der Waals surface area contributed by atoms with Gasteiger partial charge in [0.25, 0.3) is 5.91 Å². The van der Waals surface area contributed by atoms with Crippen LogP contribution in [0.5, 0.6) is 5.75 Å². The summed E-state index contributed by atoms with van der Waals surface area (Å²) in [7, 11) is 1.40. The summed E-state index contributed by atoms with van der Waals surface area (Å²) in [6.45, 7) is 2.57. The Hall–Kier alpha value is -1.62. The molecule has 1 aromatic rings. The van der Waals surface area contributed by atoms with Gasteiger partial charge in [0, 0.05) is 24.7 Å². The van der Waals surface area contributed by atoms with E-state index < -0.39 is 5.82 Å². The molecule has 5 heteroatoms. The number of ether oxygens (including phenoxy) is 1. The molecule has 1 aromatic carbocycles. The van der Waals surface area contributed by atoms with Gasteiger partial charge in [0.05, 0.1) is 7.11 Å². The highest BCUT2D eigenvalue weighted by molar-refractivity contribution is 5.94. The van der Waals surface area contributed by atoms with E-state index in [2.05, 4.69) is 5.32 Å². The second-order valence-corrected chi connectivity index (χ2v) is 5.17. The highest BCUT2D eigenvalue weighted by atomic mass is 19.1. The van der Waals surface area contributed by atoms with Crippen LogP contribution >= 0.6 is 0 Å². The Morgan fingerprint density at radius 2 is 2.32 bits per heavy atom. The van der Waals surface area contributed by atoms with E-state index in [1.165, 1.54) is 25.3 Å². The minimum absolute atomic E-state index is 0.0468. The normalized spacial score (nSPS) is 25.5. The van der Waals surface area contributed by atoms with Crippen molar-refractivity contribution in [2.75, 3.05) is 26.7 Å². The fourth-order valence-corrected chi connectivity index (χ4v) is 2.99. The van der Waals surface area contributed by atoms with E-state index in [0.717, 1.165) is 26.1 Å². The van der Waals surface area contributed by atoms with Crippen LogP contribution in [0.25, 0.3) is 0 Å². The minimum atomic E-state index is -0.445. The molecule has 2 fully saturated rings. The number of likely N-dealkylation sites (tertiary alicyclic amines) is 1. The van der Waals surface area contributed by atoms with Crippen molar-refractivity contribution in [2.24, 2.45) is 5.92 Å². The fourth-order valence-electron chi connectivity index (χ4n) is 2.99. The second-order valence-electron chi connectivity index (χ2n) is 5.17. The van der Waals surface area contributed by atoms with Gasteiger partial charge in [0.1, 0.15) is 0 Å². The van der Waals surface area contributed by atoms with Crippen molar-refractivity contribution in [2.45, 2.75) is 12.5 Å². The number of rotatable bonds is 2. The lowest BCUT2D eigenvalue weighted by Crippen LogP contribution is -2.33. The molecular formula is C14H17FN2O2. The average Bonchev–Trinajstić information content (AvgIpc) is 2.99. The molecule has 0 saturated carbocycles. The topological polar surface area (TPSA) is 41.6 Å². The zero-order chi connectivity index (χ0) is 13.4. The Labute approximate surface area is 111 Å². The van der Waals surface area contributed by atoms with Gasteiger partial charge in [-0.05, 0) is 37.1 Å². The van der Waals surface area contributed by atoms with E-state index in [4.69, 9.17) is 4.74 Å². The number of carbonyl (C=O) groups excluding carboxylic acids is 1. The van der Waals surface area contributed by atoms with Crippen LogP contribution in [0.4, 0.5) is 4.39 Å². The third-order valence-corrected chi connectivity index (χ3v) is 4.05. The number of nitrogens with zero attached hydrogens (tertiary/aromatic N) is 1. The summed E-state index contributed by atoms with van der Waals surface area (Å²) in [4.78, 5) is 14.2. The van der Waals surface area contributed by atoms with Gasteiger partial charge in [0.2, 0.25) is 0 Å². The van der Waals surface area contributed by atoms with Crippen molar-refractivity contribution in [3.63, 3.8) is 0 Å². The number of fused-ring (bicyclic) bond motifs is 1. The van der Waals surface area contributed by atoms with Gasteiger partial charge in [-0.2, -0.15) is 0 Å². The molecule has 3 rings (SSSR count). The van der Waals surface area contributed by atoms with Crippen LogP contribution in [0.15, 0.2) is 18.2 Å². The first-order valence-electron chi connectivity index (χ1n) is 6.55. The Bertz CT molecular complexity index is 494. The number of hydrogen-bond donors (Lipinski definition) is 1. The van der Waals surface area contributed by atoms with E-state index in [0.29, 0.717) is 17.5 Å². The summed E-state index contributed by atoms with van der Waals surface area (Å²) in [5, 5.41) is 3.41. The highest BCUT2D eigenvalue weighted by Crippen LogP contribution is 2.27. The molecule has 2 saturated heterocycles. The Balaban J connectivity index is 1.77. The summed E-state index contributed by atoms with van der Waals surface area (Å²) < 4.78 is 18.3. The Morgan fingerprint density at radius 1 is 1.47 bits per heavy atom. The van der Waals surface area contributed by atoms with Gasteiger partial charge in [-0.1, -0.05) is 0 Å². The van der Waals surface area contributed by atoms with Crippen LogP contribution in [0.1, 0.15) is 16.8 Å². The second kappa shape index (κ2) is 4.81. The number of hydrogen-bond acceptors (Lipinski definition) is 3. The first kappa shape index (κ1) is 12.4. The summed E-state index contributed by atoms with van der Waals surface area (Å²) in [6.07, 6.45) is 1.13. The lowest BCUT2D eigenvalue weighted by Gasteiger charge is -2.17. The number of methoxy groups -OCH3 is 1. The van der Waals surface area contributed by atoms with Crippen molar-refractivity contribution < 1.29 is 13.9 Å². The maximum absolute atomic E-state index is 13.3. The van der Waals surface area contributed by atoms with Crippen LogP contribution in [-0.4, -0.2) is 43.6 Å². The van der Waals surface area contributed by atoms with Crippen molar-refractivity contribution >= 4 is 5.91 Å². The van der Waals surface area contributed by atoms with E-state index in [1.807, 2.05) is 4.90 Å². The molecular weight excluding hydrogens is 247 g/mol. The summed E-state index contributed by atoms with van der Waals surface area (Å²) in [5.74, 6) is 0.183. The van der Waals surface area contributed by atoms with E-state index in [9.17, 15) is 9.18 Å². The van der Waals surface area contributed by atoms with Crippen LogP contribution in [-0.2, 0) is 0 Å². The van der Waals surface area contributed by atoms with Crippen LogP contribution in [0, 0.1) is 11.7 Å². The fraction of sp³-hybridized carbons (Fsp3) is 0.500. The lowest BCUT2D eigenvalue weighted by molar-refractivity contribution is 0.0782. The smallest absolute Gasteiger partial charge is 0.254 e. The zero-order valence-corrected chi connectivity index (χ0v) is 10.9. The third-order valence-electron chi connectivity index (χ3n) is 4.05. The van der Waals surface area contributed by atoms with Crippen molar-refractivity contribution in [1.29, 1.82) is 0 Å². The molecule has 1 N–H and O–H groups in total. The SMILES string of the molecule is COc1cc(C(=O)N2C[C@@H]3CCN[C@@H]3C2)ccc1F. The standard InChI is InChI=1S/C14H17FN2O2/c1-19-13-6-9(2-3-11(13)15)14(18)17-7-10-4-5-16-12(10)8-17/h2-3,6,10,12,16H,4-5,7-8H2,1H3/t10-,12+/m0/s1. The largest absolute Gasteiger partial charge is 0.494 e. The van der Waals surface area contributed by atoms with E-state index in [-0.39, 0.29) is 11.7 Å². The molecule has 0 unspecified atom stereocenters. The monoisotopic (exact) mass is 264 g/mol. The quantitative estimate of drug-likeness (QED) is 0.874. The molecule has 2 aliphatic rings. The average molecular weight is 264 g/mol. The summed E-state index contributed by atoms with van der Waals surface area (Å²) >= 11 is 0. The predicted molar refractivity (Wildman–Crippen MR) is 68.8 cm³/mol. The highest BCUT2D eigenvalue weighted by Gasteiger charge is 2.38. The molecule has 4 nitrogen and oxygen atoms in total. The number of amides is 1. The summed E-state index contributed by atoms with van der Waals surface area (Å²) in [6, 6.07) is 4.69. The molecule has 1 amide bonds. The van der Waals surface area contributed by atoms with Crippen LogP contribution in [0.2, 0.25) is 0 Å². The molecule has 2 atom stereocenters. The third kappa shape index (κ3) is 2.18. The van der Waals surface area contributed by atoms with E-state index >= 15 is 0 Å². The number of halogens is 1. The van der Waals surface area contributed by atoms with Crippen LogP contribution in [0.3, 0.4) is 0 Å². The molecule has 102 valence electrons. The molecule has 19 heavy (non-hydrogen) atoms. The molecule has 2 aliphatic heterocycles. The molecule has 0 aliphatic carbocycles. The molecule has 0 aromatic heterocycles. The van der Waals surface area contributed by atoms with Gasteiger partial charge in [0.15, 0.2) is 11.6 Å². The van der Waals surface area contributed by atoms with E-state index in [1.54, 1.807) is 0 Å². The Morgan fingerprint density at radius 3 is 3.05 bits per heavy atom. The summed E-state index contributed by atoms with van der Waals surface area (Å²) in [5.41, 5.74) is 0.484. The first-order valence-corrected chi connectivity index (χ1v) is 6.55. The number of nitrogens with one attached hydrogen (secondary N) is 1. The predicted octanol–water partition coefficient (Wildman–Crippen LogP) is 1.27. The van der Waals surface area contributed by atoms with Crippen molar-refractivity contribution in [1.82, 2.24) is 10.2 Å².